The summed E-state index contributed by atoms with van der Waals surface area (Å²) in [6.45, 7) is 4.20. The summed E-state index contributed by atoms with van der Waals surface area (Å²) in [5.41, 5.74) is -11.0. The molecule has 306 valence electrons. The van der Waals surface area contributed by atoms with Crippen LogP contribution in [0.3, 0.4) is 0 Å². The average Bonchev–Trinajstić information content (AvgIpc) is 3.14. The van der Waals surface area contributed by atoms with E-state index in [1.807, 2.05) is 12.1 Å². The molecule has 0 unspecified atom stereocenters. The molecule has 0 saturated heterocycles. The molecule has 57 heavy (non-hydrogen) atoms. The van der Waals surface area contributed by atoms with Crippen molar-refractivity contribution in [1.82, 2.24) is 0 Å². The molecule has 0 spiro atoms. The van der Waals surface area contributed by atoms with Crippen LogP contribution in [0.15, 0.2) is 36.4 Å². The summed E-state index contributed by atoms with van der Waals surface area (Å²) in [6, 6.07) is 3.21. The van der Waals surface area contributed by atoms with Gasteiger partial charge in [0.1, 0.15) is 46.7 Å². The molecular weight excluding hydrogens is 832 g/mol. The SMILES string of the molecule is Cc1cccc([NH3+])c1C.Fc1c(F)c(F)c([B-](c2cc(C(F)(F)F)cc(C(F)(F)F)c2)(c2c(F)c(F)c(F)c(F)c2F)c2c(F)c(F)c(F)c(F)c2F)c(F)c1F. The molecule has 0 radical (unpaired) electrons. The molecular formula is C34H15BF21N. The fourth-order valence-corrected chi connectivity index (χ4v) is 5.98. The van der Waals surface area contributed by atoms with E-state index < -0.39 is 157 Å². The second kappa shape index (κ2) is 15.2. The summed E-state index contributed by atoms with van der Waals surface area (Å²) in [6.07, 6.45) is -19.2. The van der Waals surface area contributed by atoms with Gasteiger partial charge in [0, 0.05) is 5.56 Å². The van der Waals surface area contributed by atoms with Crippen molar-refractivity contribution in [3.63, 3.8) is 0 Å². The highest BCUT2D eigenvalue weighted by molar-refractivity contribution is 7.20. The number of hydrogen-bond donors (Lipinski definition) is 1. The zero-order chi connectivity index (χ0) is 43.6. The van der Waals surface area contributed by atoms with Gasteiger partial charge in [0.2, 0.25) is 0 Å². The minimum atomic E-state index is -6.86. The van der Waals surface area contributed by atoms with Gasteiger partial charge < -0.3 is 5.73 Å². The first kappa shape index (κ1) is 44.4. The fourth-order valence-electron chi connectivity index (χ4n) is 5.98. The first-order valence-electron chi connectivity index (χ1n) is 15.0. The molecule has 0 heterocycles. The largest absolute Gasteiger partial charge is 0.416 e. The Morgan fingerprint density at radius 3 is 0.895 bits per heavy atom. The zero-order valence-corrected chi connectivity index (χ0v) is 27.7. The molecule has 0 bridgehead atoms. The third-order valence-corrected chi connectivity index (χ3v) is 8.86. The third-order valence-electron chi connectivity index (χ3n) is 8.86. The van der Waals surface area contributed by atoms with Crippen molar-refractivity contribution in [3.05, 3.63) is 146 Å². The molecule has 0 aliphatic carbocycles. The topological polar surface area (TPSA) is 27.6 Å². The maximum absolute atomic E-state index is 15.5. The molecule has 0 atom stereocenters. The smallest absolute Gasteiger partial charge is 0.325 e. The van der Waals surface area contributed by atoms with Crippen LogP contribution in [0.25, 0.3) is 0 Å². The van der Waals surface area contributed by atoms with Crippen molar-refractivity contribution in [3.8, 4) is 0 Å². The number of benzene rings is 5. The number of halogens is 21. The van der Waals surface area contributed by atoms with E-state index in [9.17, 15) is 65.9 Å². The number of alkyl halides is 6. The Balaban J connectivity index is 0.000000702. The lowest BCUT2D eigenvalue weighted by Gasteiger charge is -2.45. The maximum atomic E-state index is 15.5. The van der Waals surface area contributed by atoms with E-state index >= 15 is 26.3 Å². The van der Waals surface area contributed by atoms with Crippen molar-refractivity contribution >= 4 is 33.7 Å². The van der Waals surface area contributed by atoms with E-state index in [-0.39, 0.29) is 0 Å². The Bertz CT molecular complexity index is 2130. The van der Waals surface area contributed by atoms with E-state index in [4.69, 9.17) is 0 Å². The van der Waals surface area contributed by atoms with Gasteiger partial charge in [-0.1, -0.05) is 24.3 Å². The van der Waals surface area contributed by atoms with E-state index in [0.29, 0.717) is 0 Å². The van der Waals surface area contributed by atoms with Gasteiger partial charge in [-0.2, -0.15) is 31.8 Å². The van der Waals surface area contributed by atoms with Gasteiger partial charge in [0.25, 0.3) is 0 Å². The predicted molar refractivity (Wildman–Crippen MR) is 158 cm³/mol. The Morgan fingerprint density at radius 2 is 0.667 bits per heavy atom. The summed E-state index contributed by atoms with van der Waals surface area (Å²) in [7, 11) is 0. The monoisotopic (exact) mass is 847 g/mol. The van der Waals surface area contributed by atoms with Gasteiger partial charge in [-0.05, 0) is 31.5 Å². The standard InChI is InChI=1S/C26H3BF21.C8H11N/c28-10-7(11(29)17(35)22(40)16(10)34)27(8-12(30)18(36)23(41)19(37)13(8)31,9-14(32)20(38)24(42)21(39)15(9)33)6-2-4(25(43,44)45)1-5(3-6)26(46,47)48;1-6-4-3-5-8(9)7(6)2/h1-3H;3-5H,9H2,1-2H3/q-1;/p+1. The lowest BCUT2D eigenvalue weighted by molar-refractivity contribution is -0.255. The molecule has 0 aliphatic rings. The predicted octanol–water partition coefficient (Wildman–Crippen LogP) is 8.36. The summed E-state index contributed by atoms with van der Waals surface area (Å²) in [5, 5.41) is 0. The lowest BCUT2D eigenvalue weighted by Crippen LogP contribution is -2.79. The maximum Gasteiger partial charge on any atom is 0.416 e. The Morgan fingerprint density at radius 1 is 0.404 bits per heavy atom. The molecule has 0 aromatic heterocycles. The molecule has 0 fully saturated rings. The third kappa shape index (κ3) is 7.24. The number of aryl methyl sites for hydroxylation is 1. The van der Waals surface area contributed by atoms with E-state index in [2.05, 4.69) is 25.6 Å². The highest BCUT2D eigenvalue weighted by atomic mass is 19.4. The minimum Gasteiger partial charge on any atom is -0.325 e. The van der Waals surface area contributed by atoms with Crippen molar-refractivity contribution in [2.75, 3.05) is 0 Å². The molecule has 5 rings (SSSR count). The molecule has 3 N–H and O–H groups in total. The van der Waals surface area contributed by atoms with Crippen LogP contribution in [-0.2, 0) is 12.4 Å². The molecule has 5 aromatic rings. The van der Waals surface area contributed by atoms with Gasteiger partial charge in [-0.3, -0.25) is 0 Å². The van der Waals surface area contributed by atoms with Crippen LogP contribution < -0.4 is 27.6 Å². The lowest BCUT2D eigenvalue weighted by atomic mass is 9.12. The van der Waals surface area contributed by atoms with Crippen LogP contribution >= 0.6 is 0 Å². The highest BCUT2D eigenvalue weighted by Gasteiger charge is 2.50. The fraction of sp³-hybridized carbons (Fsp3) is 0.118. The van der Waals surface area contributed by atoms with E-state index in [0.717, 1.165) is 5.69 Å². The second-order valence-electron chi connectivity index (χ2n) is 12.0. The highest BCUT2D eigenvalue weighted by Crippen LogP contribution is 2.37. The summed E-state index contributed by atoms with van der Waals surface area (Å²) >= 11 is 0. The number of quaternary nitrogens is 1. The van der Waals surface area contributed by atoms with Crippen LogP contribution in [0.5, 0.6) is 0 Å². The van der Waals surface area contributed by atoms with Crippen molar-refractivity contribution in [2.45, 2.75) is 26.2 Å². The van der Waals surface area contributed by atoms with Crippen LogP contribution in [-0.4, -0.2) is 6.15 Å². The van der Waals surface area contributed by atoms with Gasteiger partial charge in [-0.25, -0.2) is 65.9 Å². The molecule has 5 aromatic carbocycles. The van der Waals surface area contributed by atoms with Gasteiger partial charge in [0.05, 0.1) is 11.1 Å². The van der Waals surface area contributed by atoms with Gasteiger partial charge in [0.15, 0.2) is 52.4 Å². The normalized spacial score (nSPS) is 12.2. The van der Waals surface area contributed by atoms with Crippen molar-refractivity contribution < 1.29 is 97.9 Å². The Labute approximate surface area is 304 Å². The summed E-state index contributed by atoms with van der Waals surface area (Å²) in [4.78, 5) is 0. The van der Waals surface area contributed by atoms with Crippen LogP contribution in [0.4, 0.5) is 97.9 Å². The van der Waals surface area contributed by atoms with Crippen LogP contribution in [0, 0.1) is 101 Å². The van der Waals surface area contributed by atoms with Crippen molar-refractivity contribution in [2.24, 2.45) is 0 Å². The Kier molecular flexibility index (Phi) is 11.8. The van der Waals surface area contributed by atoms with Gasteiger partial charge >= 0.3 is 12.4 Å². The average molecular weight is 847 g/mol. The first-order valence-corrected chi connectivity index (χ1v) is 15.0. The Hall–Kier alpha value is -5.35. The van der Waals surface area contributed by atoms with Crippen LogP contribution in [0.1, 0.15) is 22.3 Å². The molecule has 0 amide bonds. The number of rotatable bonds is 4. The van der Waals surface area contributed by atoms with Gasteiger partial charge in [-0.15, -0.1) is 16.4 Å². The quantitative estimate of drug-likeness (QED) is 0.0816. The van der Waals surface area contributed by atoms with Crippen molar-refractivity contribution in [1.29, 1.82) is 0 Å². The molecule has 0 aliphatic heterocycles. The molecule has 1 nitrogen and oxygen atoms in total. The van der Waals surface area contributed by atoms with E-state index in [1.54, 1.807) is 0 Å². The second-order valence-corrected chi connectivity index (χ2v) is 12.0. The van der Waals surface area contributed by atoms with E-state index in [1.165, 1.54) is 11.1 Å². The minimum absolute atomic E-state index is 0.931. The zero-order valence-electron chi connectivity index (χ0n) is 27.7. The molecule has 23 heteroatoms. The summed E-state index contributed by atoms with van der Waals surface area (Å²) in [5.74, 6) is -52.5. The first-order chi connectivity index (χ1) is 26.1. The number of hydrogen-bond acceptors (Lipinski definition) is 0. The summed E-state index contributed by atoms with van der Waals surface area (Å²) < 4.78 is 306. The van der Waals surface area contributed by atoms with Crippen LogP contribution in [0.2, 0.25) is 0 Å². The molecule has 0 saturated carbocycles.